The van der Waals surface area contributed by atoms with Gasteiger partial charge in [0, 0.05) is 43.9 Å². The van der Waals surface area contributed by atoms with Crippen molar-refractivity contribution < 1.29 is 4.79 Å². The first-order chi connectivity index (χ1) is 14.2. The zero-order chi connectivity index (χ0) is 20.1. The van der Waals surface area contributed by atoms with Gasteiger partial charge in [0.15, 0.2) is 0 Å². The predicted molar refractivity (Wildman–Crippen MR) is 121 cm³/mol. The number of thioether (sulfide) groups is 1. The molecule has 1 aromatic heterocycles. The van der Waals surface area contributed by atoms with Crippen molar-refractivity contribution in [2.45, 2.75) is 10.6 Å². The van der Waals surface area contributed by atoms with Gasteiger partial charge in [-0.05, 0) is 48.0 Å². The molecule has 4 nitrogen and oxygen atoms in total. The van der Waals surface area contributed by atoms with Crippen molar-refractivity contribution in [3.63, 3.8) is 0 Å². The topological polar surface area (TPSA) is 57.2 Å². The maximum Gasteiger partial charge on any atom is 0.271 e. The molecular weight excluding hydrogens is 402 g/mol. The van der Waals surface area contributed by atoms with Gasteiger partial charge in [0.1, 0.15) is 0 Å². The number of rotatable bonds is 6. The molecule has 0 atom stereocenters. The molecule has 6 heteroatoms. The third-order valence-electron chi connectivity index (χ3n) is 4.43. The van der Waals surface area contributed by atoms with E-state index in [1.807, 2.05) is 79.0 Å². The first-order valence-electron chi connectivity index (χ1n) is 9.06. The van der Waals surface area contributed by atoms with E-state index in [2.05, 4.69) is 15.5 Å². The molecule has 144 valence electrons. The van der Waals surface area contributed by atoms with Crippen molar-refractivity contribution >= 4 is 46.4 Å². The zero-order valence-corrected chi connectivity index (χ0v) is 17.0. The molecule has 1 heterocycles. The molecule has 0 unspecified atom stereocenters. The Balaban J connectivity index is 1.33. The van der Waals surface area contributed by atoms with Gasteiger partial charge in [-0.15, -0.1) is 11.8 Å². The third-order valence-corrected chi connectivity index (χ3v) is 5.76. The van der Waals surface area contributed by atoms with Crippen LogP contribution in [0.3, 0.4) is 0 Å². The highest BCUT2D eigenvalue weighted by Gasteiger charge is 2.05. The largest absolute Gasteiger partial charge is 0.361 e. The highest BCUT2D eigenvalue weighted by molar-refractivity contribution is 7.98. The van der Waals surface area contributed by atoms with Crippen molar-refractivity contribution in [2.24, 2.45) is 5.10 Å². The number of benzene rings is 3. The summed E-state index contributed by atoms with van der Waals surface area (Å²) < 4.78 is 0. The van der Waals surface area contributed by atoms with Crippen LogP contribution < -0.4 is 5.43 Å². The molecule has 0 aliphatic carbocycles. The molecule has 0 saturated heterocycles. The number of halogens is 1. The Kier molecular flexibility index (Phi) is 5.98. The molecule has 0 aliphatic rings. The standard InChI is InChI=1S/C23H18ClN3OS/c24-19-9-11-20(12-10-19)29-15-16-5-7-17(8-6-16)23(28)27-26-14-18-13-25-22-4-2-1-3-21(18)22/h1-14,25H,15H2,(H,27,28)/b26-14+. The summed E-state index contributed by atoms with van der Waals surface area (Å²) in [5.41, 5.74) is 6.26. The Bertz CT molecular complexity index is 1150. The lowest BCUT2D eigenvalue weighted by atomic mass is 10.1. The fraction of sp³-hybridized carbons (Fsp3) is 0.0435. The number of hydrogen-bond acceptors (Lipinski definition) is 3. The molecule has 3 aromatic carbocycles. The number of fused-ring (bicyclic) bond motifs is 1. The Hall–Kier alpha value is -3.02. The van der Waals surface area contributed by atoms with Crippen LogP contribution in [0.5, 0.6) is 0 Å². The lowest BCUT2D eigenvalue weighted by Gasteiger charge is -2.04. The summed E-state index contributed by atoms with van der Waals surface area (Å²) in [6.45, 7) is 0. The van der Waals surface area contributed by atoms with E-state index in [1.54, 1.807) is 18.0 Å². The van der Waals surface area contributed by atoms with E-state index in [0.29, 0.717) is 5.56 Å². The fourth-order valence-corrected chi connectivity index (χ4v) is 3.86. The lowest BCUT2D eigenvalue weighted by molar-refractivity contribution is 0.0955. The second-order valence-corrected chi connectivity index (χ2v) is 7.91. The van der Waals surface area contributed by atoms with Gasteiger partial charge < -0.3 is 4.98 Å². The summed E-state index contributed by atoms with van der Waals surface area (Å²) in [6, 6.07) is 23.3. The molecule has 0 aliphatic heterocycles. The first kappa shape index (κ1) is 19.3. The summed E-state index contributed by atoms with van der Waals surface area (Å²) in [4.78, 5) is 16.6. The van der Waals surface area contributed by atoms with Crippen molar-refractivity contribution in [2.75, 3.05) is 0 Å². The number of nitrogens with zero attached hydrogens (tertiary/aromatic N) is 1. The van der Waals surface area contributed by atoms with E-state index >= 15 is 0 Å². The van der Waals surface area contributed by atoms with Gasteiger partial charge >= 0.3 is 0 Å². The maximum atomic E-state index is 12.3. The van der Waals surface area contributed by atoms with Gasteiger partial charge in [-0.2, -0.15) is 5.10 Å². The van der Waals surface area contributed by atoms with Crippen molar-refractivity contribution in [1.82, 2.24) is 10.4 Å². The van der Waals surface area contributed by atoms with Crippen LogP contribution in [0.2, 0.25) is 5.02 Å². The highest BCUT2D eigenvalue weighted by Crippen LogP contribution is 2.24. The Labute approximate surface area is 178 Å². The zero-order valence-electron chi connectivity index (χ0n) is 15.4. The molecule has 0 saturated carbocycles. The van der Waals surface area contributed by atoms with Crippen LogP contribution in [0.15, 0.2) is 89.0 Å². The van der Waals surface area contributed by atoms with E-state index in [-0.39, 0.29) is 5.91 Å². The molecule has 0 bridgehead atoms. The summed E-state index contributed by atoms with van der Waals surface area (Å²) in [6.07, 6.45) is 3.52. The van der Waals surface area contributed by atoms with Crippen LogP contribution in [0, 0.1) is 0 Å². The number of amides is 1. The highest BCUT2D eigenvalue weighted by atomic mass is 35.5. The average molecular weight is 420 g/mol. The number of hydrazone groups is 1. The van der Waals surface area contributed by atoms with Gasteiger partial charge in [-0.1, -0.05) is 41.9 Å². The molecule has 1 amide bonds. The minimum absolute atomic E-state index is 0.238. The number of H-pyrrole nitrogens is 1. The van der Waals surface area contributed by atoms with Crippen LogP contribution in [-0.2, 0) is 5.75 Å². The number of aromatic amines is 1. The second kappa shape index (κ2) is 8.99. The number of hydrogen-bond donors (Lipinski definition) is 2. The Morgan fingerprint density at radius 3 is 2.59 bits per heavy atom. The van der Waals surface area contributed by atoms with E-state index in [1.165, 1.54) is 0 Å². The normalized spacial score (nSPS) is 11.2. The molecule has 0 fully saturated rings. The number of aromatic nitrogens is 1. The number of carbonyl (C=O) groups excluding carboxylic acids is 1. The fourth-order valence-electron chi connectivity index (χ4n) is 2.88. The van der Waals surface area contributed by atoms with E-state index in [4.69, 9.17) is 11.6 Å². The molecule has 4 rings (SSSR count). The second-order valence-electron chi connectivity index (χ2n) is 6.43. The smallest absolute Gasteiger partial charge is 0.271 e. The van der Waals surface area contributed by atoms with Crippen molar-refractivity contribution in [3.8, 4) is 0 Å². The van der Waals surface area contributed by atoms with E-state index in [0.717, 1.165) is 37.7 Å². The average Bonchev–Trinajstić information content (AvgIpc) is 3.17. The summed E-state index contributed by atoms with van der Waals surface area (Å²) >= 11 is 7.63. The van der Waals surface area contributed by atoms with Gasteiger partial charge in [0.05, 0.1) is 6.21 Å². The molecule has 0 spiro atoms. The summed E-state index contributed by atoms with van der Waals surface area (Å²) in [5, 5.41) is 5.88. The molecule has 4 aromatic rings. The summed E-state index contributed by atoms with van der Waals surface area (Å²) in [5.74, 6) is 0.584. The first-order valence-corrected chi connectivity index (χ1v) is 10.4. The van der Waals surface area contributed by atoms with Gasteiger partial charge in [0.2, 0.25) is 0 Å². The molecule has 29 heavy (non-hydrogen) atoms. The van der Waals surface area contributed by atoms with Gasteiger partial charge in [0.25, 0.3) is 5.91 Å². The third kappa shape index (κ3) is 4.88. The Morgan fingerprint density at radius 1 is 1.03 bits per heavy atom. The lowest BCUT2D eigenvalue weighted by Crippen LogP contribution is -2.17. The maximum absolute atomic E-state index is 12.3. The minimum atomic E-state index is -0.238. The van der Waals surface area contributed by atoms with E-state index < -0.39 is 0 Å². The van der Waals surface area contributed by atoms with Crippen LogP contribution in [0.25, 0.3) is 10.9 Å². The number of carbonyl (C=O) groups is 1. The SMILES string of the molecule is O=C(N/N=C/c1c[nH]c2ccccc12)c1ccc(CSc2ccc(Cl)cc2)cc1. The number of nitrogens with one attached hydrogen (secondary N) is 2. The summed E-state index contributed by atoms with van der Waals surface area (Å²) in [7, 11) is 0. The van der Waals surface area contributed by atoms with Gasteiger partial charge in [-0.3, -0.25) is 4.79 Å². The molecule has 2 N–H and O–H groups in total. The van der Waals surface area contributed by atoms with Crippen molar-refractivity contribution in [1.29, 1.82) is 0 Å². The predicted octanol–water partition coefficient (Wildman–Crippen LogP) is 5.88. The molecular formula is C23H18ClN3OS. The molecule has 0 radical (unpaired) electrons. The minimum Gasteiger partial charge on any atom is -0.361 e. The van der Waals surface area contributed by atoms with E-state index in [9.17, 15) is 4.79 Å². The quantitative estimate of drug-likeness (QED) is 0.233. The van der Waals surface area contributed by atoms with Crippen LogP contribution in [0.1, 0.15) is 21.5 Å². The van der Waals surface area contributed by atoms with Gasteiger partial charge in [-0.25, -0.2) is 5.43 Å². The number of para-hydroxylation sites is 1. The van der Waals surface area contributed by atoms with Crippen LogP contribution >= 0.6 is 23.4 Å². The monoisotopic (exact) mass is 419 g/mol. The van der Waals surface area contributed by atoms with Crippen LogP contribution in [-0.4, -0.2) is 17.1 Å². The van der Waals surface area contributed by atoms with Crippen LogP contribution in [0.4, 0.5) is 0 Å². The Morgan fingerprint density at radius 2 is 1.79 bits per heavy atom. The van der Waals surface area contributed by atoms with Crippen molar-refractivity contribution in [3.05, 3.63) is 101 Å².